The first-order valence-corrected chi connectivity index (χ1v) is 10.4. The summed E-state index contributed by atoms with van der Waals surface area (Å²) in [7, 11) is 0. The molecule has 2 fully saturated rings. The smallest absolute Gasteiger partial charge is 0.229 e. The van der Waals surface area contributed by atoms with Gasteiger partial charge in [-0.3, -0.25) is 14.5 Å². The fourth-order valence-corrected chi connectivity index (χ4v) is 4.41. The third kappa shape index (κ3) is 4.13. The molecule has 0 aliphatic carbocycles. The van der Waals surface area contributed by atoms with Gasteiger partial charge in [-0.25, -0.2) is 4.98 Å². The number of amides is 2. The van der Waals surface area contributed by atoms with Crippen LogP contribution in [0.4, 0.5) is 16.5 Å². The molecular formula is C20H24N4O2S. The maximum Gasteiger partial charge on any atom is 0.229 e. The largest absolute Gasteiger partial charge is 0.372 e. The van der Waals surface area contributed by atoms with Gasteiger partial charge in [0.2, 0.25) is 11.8 Å². The van der Waals surface area contributed by atoms with Gasteiger partial charge in [-0.15, -0.1) is 11.3 Å². The molecule has 2 aliphatic rings. The van der Waals surface area contributed by atoms with Gasteiger partial charge < -0.3 is 10.2 Å². The Kier molecular flexibility index (Phi) is 5.38. The zero-order chi connectivity index (χ0) is 18.6. The third-order valence-electron chi connectivity index (χ3n) is 5.25. The Morgan fingerprint density at radius 3 is 2.52 bits per heavy atom. The minimum absolute atomic E-state index is 0.0402. The van der Waals surface area contributed by atoms with E-state index in [1.54, 1.807) is 11.1 Å². The van der Waals surface area contributed by atoms with Crippen LogP contribution in [0, 0.1) is 5.92 Å². The van der Waals surface area contributed by atoms with Gasteiger partial charge in [0.1, 0.15) is 0 Å². The summed E-state index contributed by atoms with van der Waals surface area (Å²) in [4.78, 5) is 33.0. The number of anilines is 3. The van der Waals surface area contributed by atoms with Crippen molar-refractivity contribution >= 4 is 39.7 Å². The number of carbonyl (C=O) groups is 2. The molecular weight excluding hydrogens is 360 g/mol. The molecule has 27 heavy (non-hydrogen) atoms. The van der Waals surface area contributed by atoms with Crippen LogP contribution in [0.5, 0.6) is 0 Å². The summed E-state index contributed by atoms with van der Waals surface area (Å²) < 4.78 is 0. The summed E-state index contributed by atoms with van der Waals surface area (Å²) in [6.07, 6.45) is 7.00. The van der Waals surface area contributed by atoms with Crippen molar-refractivity contribution < 1.29 is 9.59 Å². The van der Waals surface area contributed by atoms with E-state index in [2.05, 4.69) is 27.3 Å². The summed E-state index contributed by atoms with van der Waals surface area (Å²) in [6, 6.07) is 8.05. The monoisotopic (exact) mass is 384 g/mol. The van der Waals surface area contributed by atoms with Crippen LogP contribution in [0.15, 0.2) is 35.8 Å². The lowest BCUT2D eigenvalue weighted by molar-refractivity contribution is -0.122. The van der Waals surface area contributed by atoms with Gasteiger partial charge in [0, 0.05) is 49.0 Å². The molecule has 6 nitrogen and oxygen atoms in total. The Labute approximate surface area is 163 Å². The van der Waals surface area contributed by atoms with Gasteiger partial charge in [-0.05, 0) is 37.1 Å². The van der Waals surface area contributed by atoms with Crippen LogP contribution in [0.1, 0.15) is 32.1 Å². The van der Waals surface area contributed by atoms with Crippen LogP contribution in [0.2, 0.25) is 0 Å². The van der Waals surface area contributed by atoms with Crippen molar-refractivity contribution in [2.45, 2.75) is 32.1 Å². The molecule has 2 aromatic rings. The van der Waals surface area contributed by atoms with Gasteiger partial charge in [0.25, 0.3) is 0 Å². The normalized spacial score (nSPS) is 20.6. The molecule has 4 rings (SSSR count). The minimum atomic E-state index is -0.341. The molecule has 142 valence electrons. The molecule has 1 atom stereocenters. The predicted octanol–water partition coefficient (Wildman–Crippen LogP) is 3.52. The minimum Gasteiger partial charge on any atom is -0.372 e. The second-order valence-corrected chi connectivity index (χ2v) is 8.03. The number of hydrogen-bond donors (Lipinski definition) is 1. The quantitative estimate of drug-likeness (QED) is 0.876. The van der Waals surface area contributed by atoms with Crippen molar-refractivity contribution in [2.75, 3.05) is 34.8 Å². The second-order valence-electron chi connectivity index (χ2n) is 7.16. The molecule has 1 aromatic carbocycles. The van der Waals surface area contributed by atoms with Crippen LogP contribution in [-0.4, -0.2) is 36.4 Å². The highest BCUT2D eigenvalue weighted by Crippen LogP contribution is 2.28. The molecule has 2 saturated heterocycles. The Morgan fingerprint density at radius 2 is 1.85 bits per heavy atom. The van der Waals surface area contributed by atoms with E-state index in [1.807, 2.05) is 17.5 Å². The van der Waals surface area contributed by atoms with E-state index >= 15 is 0 Å². The van der Waals surface area contributed by atoms with Gasteiger partial charge in [0.05, 0.1) is 5.92 Å². The van der Waals surface area contributed by atoms with Crippen molar-refractivity contribution in [3.05, 3.63) is 35.8 Å². The standard InChI is InChI=1S/C20H24N4O2S/c25-18-13-15(14-24(18)20-21-9-12-27-20)19(26)22-16-5-7-17(8-6-16)23-10-3-1-2-4-11-23/h5-9,12,15H,1-4,10-11,13-14H2,(H,22,26). The number of thiazole rings is 1. The summed E-state index contributed by atoms with van der Waals surface area (Å²) in [5.41, 5.74) is 1.99. The number of benzene rings is 1. The Balaban J connectivity index is 1.36. The molecule has 0 spiro atoms. The molecule has 1 N–H and O–H groups in total. The van der Waals surface area contributed by atoms with Crippen LogP contribution in [0.25, 0.3) is 0 Å². The fourth-order valence-electron chi connectivity index (χ4n) is 3.75. The molecule has 3 heterocycles. The van der Waals surface area contributed by atoms with E-state index in [0.717, 1.165) is 18.8 Å². The van der Waals surface area contributed by atoms with Crippen molar-refractivity contribution in [3.63, 3.8) is 0 Å². The van der Waals surface area contributed by atoms with Crippen LogP contribution in [0.3, 0.4) is 0 Å². The number of nitrogens with one attached hydrogen (secondary N) is 1. The number of hydrogen-bond acceptors (Lipinski definition) is 5. The third-order valence-corrected chi connectivity index (χ3v) is 6.05. The van der Waals surface area contributed by atoms with E-state index in [0.29, 0.717) is 11.7 Å². The number of rotatable bonds is 4. The van der Waals surface area contributed by atoms with Crippen molar-refractivity contribution in [1.82, 2.24) is 4.98 Å². The van der Waals surface area contributed by atoms with Crippen LogP contribution >= 0.6 is 11.3 Å². The lowest BCUT2D eigenvalue weighted by atomic mass is 10.1. The summed E-state index contributed by atoms with van der Waals surface area (Å²) in [5, 5.41) is 5.46. The maximum absolute atomic E-state index is 12.6. The highest BCUT2D eigenvalue weighted by molar-refractivity contribution is 7.13. The molecule has 2 amide bonds. The van der Waals surface area contributed by atoms with Crippen molar-refractivity contribution in [1.29, 1.82) is 0 Å². The predicted molar refractivity (Wildman–Crippen MR) is 108 cm³/mol. The molecule has 1 unspecified atom stereocenters. The van der Waals surface area contributed by atoms with E-state index in [4.69, 9.17) is 0 Å². The lowest BCUT2D eigenvalue weighted by Crippen LogP contribution is -2.28. The summed E-state index contributed by atoms with van der Waals surface area (Å²) in [6.45, 7) is 2.59. The van der Waals surface area contributed by atoms with Crippen molar-refractivity contribution in [2.24, 2.45) is 5.92 Å². The maximum atomic E-state index is 12.6. The molecule has 1 aromatic heterocycles. The van der Waals surface area contributed by atoms with Crippen molar-refractivity contribution in [3.8, 4) is 0 Å². The summed E-state index contributed by atoms with van der Waals surface area (Å²) >= 11 is 1.42. The zero-order valence-corrected chi connectivity index (χ0v) is 16.1. The molecule has 2 aliphatic heterocycles. The fraction of sp³-hybridized carbons (Fsp3) is 0.450. The Morgan fingerprint density at radius 1 is 1.11 bits per heavy atom. The highest BCUT2D eigenvalue weighted by atomic mass is 32.1. The molecule has 0 saturated carbocycles. The molecule has 0 bridgehead atoms. The van der Waals surface area contributed by atoms with E-state index in [-0.39, 0.29) is 24.2 Å². The highest BCUT2D eigenvalue weighted by Gasteiger charge is 2.36. The van der Waals surface area contributed by atoms with Gasteiger partial charge in [-0.1, -0.05) is 12.8 Å². The first-order chi connectivity index (χ1) is 13.2. The number of nitrogens with zero attached hydrogens (tertiary/aromatic N) is 3. The van der Waals surface area contributed by atoms with Crippen LogP contribution < -0.4 is 15.1 Å². The zero-order valence-electron chi connectivity index (χ0n) is 15.3. The number of carbonyl (C=O) groups excluding carboxylic acids is 2. The van der Waals surface area contributed by atoms with Gasteiger partial charge in [-0.2, -0.15) is 0 Å². The average molecular weight is 385 g/mol. The van der Waals surface area contributed by atoms with Gasteiger partial charge in [0.15, 0.2) is 5.13 Å². The van der Waals surface area contributed by atoms with Crippen LogP contribution in [-0.2, 0) is 9.59 Å². The topological polar surface area (TPSA) is 65.5 Å². The van der Waals surface area contributed by atoms with E-state index in [1.165, 1.54) is 42.7 Å². The van der Waals surface area contributed by atoms with Gasteiger partial charge >= 0.3 is 0 Å². The molecule has 0 radical (unpaired) electrons. The lowest BCUT2D eigenvalue weighted by Gasteiger charge is -2.23. The van der Waals surface area contributed by atoms with E-state index < -0.39 is 0 Å². The Hall–Kier alpha value is -2.41. The first kappa shape index (κ1) is 18.0. The molecule has 7 heteroatoms. The second kappa shape index (κ2) is 8.08. The number of aromatic nitrogens is 1. The Bertz CT molecular complexity index is 783. The average Bonchev–Trinajstić information content (AvgIpc) is 3.25. The SMILES string of the molecule is O=C(Nc1ccc(N2CCCCCC2)cc1)C1CC(=O)N(c2nccs2)C1. The van der Waals surface area contributed by atoms with E-state index in [9.17, 15) is 9.59 Å². The first-order valence-electron chi connectivity index (χ1n) is 9.56. The summed E-state index contributed by atoms with van der Waals surface area (Å²) in [5.74, 6) is -0.488.